The fraction of sp³-hybridized carbons (Fsp3) is 0.450. The van der Waals surface area contributed by atoms with E-state index in [9.17, 15) is 0 Å². The fourth-order valence-electron chi connectivity index (χ4n) is 4.03. The van der Waals surface area contributed by atoms with Crippen LogP contribution in [0.5, 0.6) is 5.88 Å². The van der Waals surface area contributed by atoms with E-state index in [0.29, 0.717) is 24.6 Å². The molecule has 0 radical (unpaired) electrons. The molecule has 2 fully saturated rings. The number of rotatable bonds is 4. The number of aromatic nitrogens is 4. The molecule has 27 heavy (non-hydrogen) atoms. The van der Waals surface area contributed by atoms with Crippen molar-refractivity contribution in [1.29, 1.82) is 0 Å². The molecular weight excluding hydrogens is 342 g/mol. The van der Waals surface area contributed by atoms with Crippen molar-refractivity contribution in [1.82, 2.24) is 25.1 Å². The van der Waals surface area contributed by atoms with E-state index in [0.717, 1.165) is 35.1 Å². The van der Waals surface area contributed by atoms with Gasteiger partial charge in [0.15, 0.2) is 0 Å². The van der Waals surface area contributed by atoms with E-state index >= 15 is 0 Å². The van der Waals surface area contributed by atoms with E-state index in [4.69, 9.17) is 14.5 Å². The molecule has 1 saturated heterocycles. The van der Waals surface area contributed by atoms with Gasteiger partial charge in [-0.1, -0.05) is 0 Å². The molecular formula is C20H23N5O2. The molecule has 1 aliphatic carbocycles. The molecule has 140 valence electrons. The largest absolute Gasteiger partial charge is 0.474 e. The third-order valence-corrected chi connectivity index (χ3v) is 5.40. The first-order chi connectivity index (χ1) is 13.3. The first-order valence-electron chi connectivity index (χ1n) is 9.53. The number of pyridine rings is 2. The van der Waals surface area contributed by atoms with Crippen molar-refractivity contribution in [2.75, 3.05) is 13.2 Å². The average Bonchev–Trinajstić information content (AvgIpc) is 3.34. The molecule has 7 heteroatoms. The van der Waals surface area contributed by atoms with Crippen molar-refractivity contribution < 1.29 is 9.47 Å². The predicted octanol–water partition coefficient (Wildman–Crippen LogP) is 2.32. The highest BCUT2D eigenvalue weighted by Crippen LogP contribution is 2.29. The first kappa shape index (κ1) is 16.6. The molecule has 1 saturated carbocycles. The lowest BCUT2D eigenvalue weighted by Gasteiger charge is -2.33. The molecule has 1 aliphatic heterocycles. The summed E-state index contributed by atoms with van der Waals surface area (Å²) in [6.45, 7) is 1.29. The van der Waals surface area contributed by atoms with Crippen LogP contribution >= 0.6 is 0 Å². The Kier molecular flexibility index (Phi) is 4.26. The van der Waals surface area contributed by atoms with Crippen LogP contribution in [-0.4, -0.2) is 51.1 Å². The van der Waals surface area contributed by atoms with Gasteiger partial charge in [0.05, 0.1) is 28.9 Å². The van der Waals surface area contributed by atoms with Crippen LogP contribution in [0.4, 0.5) is 0 Å². The standard InChI is InChI=1S/C20H23N5O2/c1-25-11-13(9-23-25)17-8-18-15(4-3-7-21-18)20(24-17)26-12-14-10-22-16-5-2-6-19(16)27-14/h3-4,7-9,11,14,16,19,22H,2,5-6,10,12H2,1H3/t14-,16-,19+/m1/s1. The van der Waals surface area contributed by atoms with E-state index in [1.807, 2.05) is 31.4 Å². The number of fused-ring (bicyclic) bond motifs is 2. The van der Waals surface area contributed by atoms with E-state index in [2.05, 4.69) is 15.4 Å². The molecule has 0 aromatic carbocycles. The zero-order chi connectivity index (χ0) is 18.2. The Morgan fingerprint density at radius 2 is 2.33 bits per heavy atom. The summed E-state index contributed by atoms with van der Waals surface area (Å²) >= 11 is 0. The minimum Gasteiger partial charge on any atom is -0.474 e. The lowest BCUT2D eigenvalue weighted by Crippen LogP contribution is -2.51. The highest BCUT2D eigenvalue weighted by Gasteiger charge is 2.34. The lowest BCUT2D eigenvalue weighted by atomic mass is 10.1. The Balaban J connectivity index is 1.40. The van der Waals surface area contributed by atoms with Gasteiger partial charge in [-0.15, -0.1) is 0 Å². The van der Waals surface area contributed by atoms with Crippen molar-refractivity contribution in [3.8, 4) is 17.1 Å². The van der Waals surface area contributed by atoms with Gasteiger partial charge in [0.1, 0.15) is 12.7 Å². The Labute approximate surface area is 157 Å². The first-order valence-corrected chi connectivity index (χ1v) is 9.53. The monoisotopic (exact) mass is 365 g/mol. The van der Waals surface area contributed by atoms with Crippen molar-refractivity contribution in [2.45, 2.75) is 37.5 Å². The Morgan fingerprint density at radius 1 is 1.37 bits per heavy atom. The molecule has 3 aromatic rings. The number of nitrogens with zero attached hydrogens (tertiary/aromatic N) is 4. The zero-order valence-corrected chi connectivity index (χ0v) is 15.3. The molecule has 3 aromatic heterocycles. The summed E-state index contributed by atoms with van der Waals surface area (Å²) < 4.78 is 14.1. The smallest absolute Gasteiger partial charge is 0.223 e. The van der Waals surface area contributed by atoms with Crippen LogP contribution in [0.1, 0.15) is 19.3 Å². The lowest BCUT2D eigenvalue weighted by molar-refractivity contribution is -0.0680. The average molecular weight is 365 g/mol. The van der Waals surface area contributed by atoms with Crippen molar-refractivity contribution in [3.05, 3.63) is 36.8 Å². The Bertz CT molecular complexity index is 956. The summed E-state index contributed by atoms with van der Waals surface area (Å²) in [5.41, 5.74) is 2.61. The maximum atomic E-state index is 6.22. The van der Waals surface area contributed by atoms with Gasteiger partial charge in [0.2, 0.25) is 5.88 Å². The maximum Gasteiger partial charge on any atom is 0.223 e. The summed E-state index contributed by atoms with van der Waals surface area (Å²) in [6.07, 6.45) is 9.47. The van der Waals surface area contributed by atoms with Gasteiger partial charge in [0.25, 0.3) is 0 Å². The number of aryl methyl sites for hydroxylation is 1. The summed E-state index contributed by atoms with van der Waals surface area (Å²) in [5.74, 6) is 0.594. The number of hydrogen-bond donors (Lipinski definition) is 1. The quantitative estimate of drug-likeness (QED) is 0.765. The van der Waals surface area contributed by atoms with Crippen LogP contribution in [0.15, 0.2) is 36.8 Å². The molecule has 5 rings (SSSR count). The van der Waals surface area contributed by atoms with Crippen LogP contribution in [0.25, 0.3) is 22.2 Å². The Hall–Kier alpha value is -2.51. The van der Waals surface area contributed by atoms with E-state index < -0.39 is 0 Å². The van der Waals surface area contributed by atoms with E-state index in [1.54, 1.807) is 17.1 Å². The molecule has 2 aliphatic rings. The van der Waals surface area contributed by atoms with Crippen LogP contribution < -0.4 is 10.1 Å². The predicted molar refractivity (Wildman–Crippen MR) is 102 cm³/mol. The van der Waals surface area contributed by atoms with Crippen molar-refractivity contribution in [3.63, 3.8) is 0 Å². The van der Waals surface area contributed by atoms with Crippen LogP contribution in [-0.2, 0) is 11.8 Å². The second-order valence-electron chi connectivity index (χ2n) is 7.34. The minimum absolute atomic E-state index is 0.0416. The molecule has 0 spiro atoms. The molecule has 1 N–H and O–H groups in total. The van der Waals surface area contributed by atoms with Gasteiger partial charge in [-0.2, -0.15) is 5.10 Å². The summed E-state index contributed by atoms with van der Waals surface area (Å²) in [4.78, 5) is 9.23. The molecule has 4 heterocycles. The number of ether oxygens (including phenoxy) is 2. The maximum absolute atomic E-state index is 6.22. The second kappa shape index (κ2) is 6.90. The second-order valence-corrected chi connectivity index (χ2v) is 7.34. The highest BCUT2D eigenvalue weighted by atomic mass is 16.5. The number of morpholine rings is 1. The van der Waals surface area contributed by atoms with Gasteiger partial charge in [-0.25, -0.2) is 4.98 Å². The Morgan fingerprint density at radius 3 is 3.22 bits per heavy atom. The van der Waals surface area contributed by atoms with Gasteiger partial charge >= 0.3 is 0 Å². The topological polar surface area (TPSA) is 74.1 Å². The van der Waals surface area contributed by atoms with Gasteiger partial charge in [-0.3, -0.25) is 9.67 Å². The molecule has 7 nitrogen and oxygen atoms in total. The van der Waals surface area contributed by atoms with Gasteiger partial charge in [0, 0.05) is 37.6 Å². The summed E-state index contributed by atoms with van der Waals surface area (Å²) in [6, 6.07) is 6.38. The molecule has 0 bridgehead atoms. The van der Waals surface area contributed by atoms with Crippen molar-refractivity contribution in [2.24, 2.45) is 7.05 Å². The SMILES string of the molecule is Cn1cc(-c2cc3ncccc3c(OC[C@H]3CN[C@@H]4CCC[C@@H]4O3)n2)cn1. The molecule has 0 amide bonds. The molecule has 3 atom stereocenters. The van der Waals surface area contributed by atoms with Gasteiger partial charge in [-0.05, 0) is 37.5 Å². The van der Waals surface area contributed by atoms with Crippen LogP contribution in [0, 0.1) is 0 Å². The normalized spacial score (nSPS) is 24.9. The number of nitrogens with one attached hydrogen (secondary N) is 1. The number of hydrogen-bond acceptors (Lipinski definition) is 6. The summed E-state index contributed by atoms with van der Waals surface area (Å²) in [7, 11) is 1.89. The van der Waals surface area contributed by atoms with E-state index in [-0.39, 0.29) is 6.10 Å². The third-order valence-electron chi connectivity index (χ3n) is 5.40. The van der Waals surface area contributed by atoms with Crippen LogP contribution in [0.3, 0.4) is 0 Å². The molecule has 0 unspecified atom stereocenters. The highest BCUT2D eigenvalue weighted by molar-refractivity contribution is 5.86. The van der Waals surface area contributed by atoms with Crippen LogP contribution in [0.2, 0.25) is 0 Å². The summed E-state index contributed by atoms with van der Waals surface area (Å²) in [5, 5.41) is 8.75. The fourth-order valence-corrected chi connectivity index (χ4v) is 4.03. The third kappa shape index (κ3) is 3.28. The van der Waals surface area contributed by atoms with E-state index in [1.165, 1.54) is 12.8 Å². The minimum atomic E-state index is 0.0416. The van der Waals surface area contributed by atoms with Crippen molar-refractivity contribution >= 4 is 10.9 Å². The zero-order valence-electron chi connectivity index (χ0n) is 15.3. The van der Waals surface area contributed by atoms with Gasteiger partial charge < -0.3 is 14.8 Å².